The minimum atomic E-state index is -5.72. The number of carbonyl (C=O) groups excluding carboxylic acids is 2. The normalized spacial score (nSPS) is 14.3. The molecule has 164 valence electrons. The number of thioether (sulfide) groups is 1. The standard InChI is InChI=1S/C19H19F5N2O2S2/c1-9-8-11(18(20,21)19(22,23)24)4-5-13(9)26-17(28)12-6-7-30-15(12)14(29-3)10(2)16(25)27/h4-8,10,14H,1-3H3,(H2,25,27)(H,26,28). The Morgan fingerprint density at radius 2 is 1.80 bits per heavy atom. The van der Waals surface area contributed by atoms with Crippen LogP contribution in [-0.2, 0) is 10.7 Å². The van der Waals surface area contributed by atoms with Crippen molar-refractivity contribution in [3.05, 3.63) is 51.2 Å². The van der Waals surface area contributed by atoms with Crippen molar-refractivity contribution in [2.24, 2.45) is 11.7 Å². The monoisotopic (exact) mass is 466 g/mol. The molecule has 11 heteroatoms. The lowest BCUT2D eigenvalue weighted by Crippen LogP contribution is -2.33. The summed E-state index contributed by atoms with van der Waals surface area (Å²) in [7, 11) is 0. The molecule has 2 amide bonds. The molecular formula is C19H19F5N2O2S2. The van der Waals surface area contributed by atoms with Gasteiger partial charge in [-0.05, 0) is 42.3 Å². The average molecular weight is 466 g/mol. The van der Waals surface area contributed by atoms with Crippen LogP contribution in [0.1, 0.15) is 38.5 Å². The van der Waals surface area contributed by atoms with E-state index in [2.05, 4.69) is 5.32 Å². The molecule has 1 aromatic carbocycles. The molecule has 0 fully saturated rings. The Bertz CT molecular complexity index is 943. The number of thiophene rings is 1. The summed E-state index contributed by atoms with van der Waals surface area (Å²) in [6.45, 7) is 2.97. The van der Waals surface area contributed by atoms with Crippen LogP contribution in [0.4, 0.5) is 27.6 Å². The Morgan fingerprint density at radius 1 is 1.17 bits per heavy atom. The van der Waals surface area contributed by atoms with E-state index in [4.69, 9.17) is 5.73 Å². The van der Waals surface area contributed by atoms with E-state index in [1.807, 2.05) is 0 Å². The van der Waals surface area contributed by atoms with E-state index < -0.39 is 35.4 Å². The average Bonchev–Trinajstić information content (AvgIpc) is 3.12. The molecule has 3 N–H and O–H groups in total. The Kier molecular flexibility index (Phi) is 7.18. The molecule has 0 saturated carbocycles. The number of hydrogen-bond donors (Lipinski definition) is 2. The van der Waals surface area contributed by atoms with Crippen molar-refractivity contribution in [3.63, 3.8) is 0 Å². The van der Waals surface area contributed by atoms with Crippen LogP contribution >= 0.6 is 23.1 Å². The van der Waals surface area contributed by atoms with Gasteiger partial charge in [0.05, 0.1) is 16.7 Å². The highest BCUT2D eigenvalue weighted by Crippen LogP contribution is 2.44. The fourth-order valence-corrected chi connectivity index (χ4v) is 5.08. The molecule has 1 aromatic heterocycles. The molecule has 0 aliphatic carbocycles. The number of halogens is 5. The summed E-state index contributed by atoms with van der Waals surface area (Å²) < 4.78 is 64.8. The quantitative estimate of drug-likeness (QED) is 0.530. The van der Waals surface area contributed by atoms with Crippen molar-refractivity contribution in [1.29, 1.82) is 0 Å². The van der Waals surface area contributed by atoms with Crippen molar-refractivity contribution >= 4 is 40.6 Å². The van der Waals surface area contributed by atoms with E-state index in [0.717, 1.165) is 6.07 Å². The van der Waals surface area contributed by atoms with E-state index in [9.17, 15) is 31.5 Å². The highest BCUT2D eigenvalue weighted by molar-refractivity contribution is 7.99. The van der Waals surface area contributed by atoms with Gasteiger partial charge in [-0.25, -0.2) is 0 Å². The zero-order valence-electron chi connectivity index (χ0n) is 16.1. The maximum Gasteiger partial charge on any atom is 0.458 e. The number of primary amides is 1. The van der Waals surface area contributed by atoms with Crippen LogP contribution in [0.25, 0.3) is 0 Å². The van der Waals surface area contributed by atoms with Crippen molar-refractivity contribution in [2.45, 2.75) is 31.2 Å². The van der Waals surface area contributed by atoms with Gasteiger partial charge in [-0.15, -0.1) is 11.3 Å². The van der Waals surface area contributed by atoms with Gasteiger partial charge in [0.1, 0.15) is 0 Å². The van der Waals surface area contributed by atoms with Crippen molar-refractivity contribution in [1.82, 2.24) is 0 Å². The number of nitrogens with two attached hydrogens (primary N) is 1. The Balaban J connectivity index is 2.30. The second kappa shape index (κ2) is 8.93. The van der Waals surface area contributed by atoms with Gasteiger partial charge in [0.25, 0.3) is 5.91 Å². The first-order valence-electron chi connectivity index (χ1n) is 8.57. The van der Waals surface area contributed by atoms with Gasteiger partial charge in [-0.1, -0.05) is 13.0 Å². The molecule has 2 atom stereocenters. The summed E-state index contributed by atoms with van der Waals surface area (Å²) >= 11 is 2.62. The Morgan fingerprint density at radius 3 is 2.30 bits per heavy atom. The first-order chi connectivity index (χ1) is 13.8. The second-order valence-electron chi connectivity index (χ2n) is 6.60. The summed E-state index contributed by atoms with van der Waals surface area (Å²) in [5.74, 6) is -6.64. The topological polar surface area (TPSA) is 72.2 Å². The van der Waals surface area contributed by atoms with Gasteiger partial charge in [0, 0.05) is 16.1 Å². The summed E-state index contributed by atoms with van der Waals surface area (Å²) in [5, 5.41) is 3.84. The molecule has 0 aliphatic rings. The fraction of sp³-hybridized carbons (Fsp3) is 0.368. The number of nitrogens with one attached hydrogen (secondary N) is 1. The van der Waals surface area contributed by atoms with Crippen LogP contribution in [0, 0.1) is 12.8 Å². The zero-order valence-corrected chi connectivity index (χ0v) is 17.8. The SMILES string of the molecule is CSC(c1sccc1C(=O)Nc1ccc(C(F)(F)C(F)(F)F)cc1C)C(C)C(N)=O. The molecule has 0 aliphatic heterocycles. The molecule has 1 heterocycles. The highest BCUT2D eigenvalue weighted by Gasteiger charge is 2.58. The molecule has 4 nitrogen and oxygen atoms in total. The second-order valence-corrected chi connectivity index (χ2v) is 8.53. The van der Waals surface area contributed by atoms with E-state index in [-0.39, 0.29) is 22.1 Å². The predicted octanol–water partition coefficient (Wildman–Crippen LogP) is 5.49. The van der Waals surface area contributed by atoms with Crippen LogP contribution < -0.4 is 11.1 Å². The zero-order chi connectivity index (χ0) is 22.9. The van der Waals surface area contributed by atoms with Gasteiger partial charge >= 0.3 is 12.1 Å². The first kappa shape index (κ1) is 24.1. The molecule has 0 saturated heterocycles. The molecule has 30 heavy (non-hydrogen) atoms. The smallest absolute Gasteiger partial charge is 0.369 e. The Hall–Kier alpha value is -2.14. The fourth-order valence-electron chi connectivity index (χ4n) is 2.77. The van der Waals surface area contributed by atoms with Gasteiger partial charge in [0.2, 0.25) is 5.91 Å². The van der Waals surface area contributed by atoms with E-state index >= 15 is 0 Å². The summed E-state index contributed by atoms with van der Waals surface area (Å²) in [6.07, 6.45) is -3.95. The lowest BCUT2D eigenvalue weighted by atomic mass is 10.0. The number of hydrogen-bond acceptors (Lipinski definition) is 4. The highest BCUT2D eigenvalue weighted by atomic mass is 32.2. The van der Waals surface area contributed by atoms with Gasteiger partial charge in [0.15, 0.2) is 0 Å². The summed E-state index contributed by atoms with van der Waals surface area (Å²) in [4.78, 5) is 24.9. The van der Waals surface area contributed by atoms with Crippen LogP contribution in [0.3, 0.4) is 0 Å². The van der Waals surface area contributed by atoms with E-state index in [1.54, 1.807) is 24.6 Å². The van der Waals surface area contributed by atoms with Crippen LogP contribution in [0.15, 0.2) is 29.6 Å². The molecule has 0 spiro atoms. The molecule has 2 rings (SSSR count). The largest absolute Gasteiger partial charge is 0.458 e. The molecule has 0 bridgehead atoms. The third-order valence-corrected chi connectivity index (χ3v) is 6.85. The number of alkyl halides is 5. The van der Waals surface area contributed by atoms with Crippen LogP contribution in [-0.4, -0.2) is 24.2 Å². The van der Waals surface area contributed by atoms with E-state index in [0.29, 0.717) is 17.0 Å². The molecule has 2 aromatic rings. The van der Waals surface area contributed by atoms with Crippen molar-refractivity contribution < 1.29 is 31.5 Å². The lowest BCUT2D eigenvalue weighted by molar-refractivity contribution is -0.289. The number of amides is 2. The maximum absolute atomic E-state index is 13.5. The number of carbonyl (C=O) groups is 2. The van der Waals surface area contributed by atoms with Crippen molar-refractivity contribution in [3.8, 4) is 0 Å². The van der Waals surface area contributed by atoms with Crippen LogP contribution in [0.2, 0.25) is 0 Å². The maximum atomic E-state index is 13.5. The molecule has 0 radical (unpaired) electrons. The summed E-state index contributed by atoms with van der Waals surface area (Å²) in [5.41, 5.74) is 4.59. The third kappa shape index (κ3) is 4.77. The predicted molar refractivity (Wildman–Crippen MR) is 108 cm³/mol. The third-order valence-electron chi connectivity index (χ3n) is 4.55. The van der Waals surface area contributed by atoms with E-state index in [1.165, 1.54) is 30.0 Å². The summed E-state index contributed by atoms with van der Waals surface area (Å²) in [6, 6.07) is 3.88. The minimum Gasteiger partial charge on any atom is -0.369 e. The van der Waals surface area contributed by atoms with Gasteiger partial charge < -0.3 is 11.1 Å². The number of anilines is 1. The number of aryl methyl sites for hydroxylation is 1. The van der Waals surface area contributed by atoms with Gasteiger partial charge in [-0.2, -0.15) is 33.7 Å². The van der Waals surface area contributed by atoms with Gasteiger partial charge in [-0.3, -0.25) is 9.59 Å². The minimum absolute atomic E-state index is 0.0495. The number of rotatable bonds is 7. The molecule has 2 unspecified atom stereocenters. The lowest BCUT2D eigenvalue weighted by Gasteiger charge is -2.21. The first-order valence-corrected chi connectivity index (χ1v) is 10.7. The molecular weight excluding hydrogens is 447 g/mol. The van der Waals surface area contributed by atoms with Crippen LogP contribution in [0.5, 0.6) is 0 Å². The van der Waals surface area contributed by atoms with Crippen molar-refractivity contribution in [2.75, 3.05) is 11.6 Å². The Labute approximate surface area is 178 Å². The number of benzene rings is 1.